The van der Waals surface area contributed by atoms with Crippen LogP contribution in [0.3, 0.4) is 0 Å². The van der Waals surface area contributed by atoms with E-state index in [4.69, 9.17) is 5.11 Å². The Morgan fingerprint density at radius 2 is 2.07 bits per heavy atom. The first-order valence-electron chi connectivity index (χ1n) is 3.31. The second kappa shape index (κ2) is 4.31. The van der Waals surface area contributed by atoms with Gasteiger partial charge in [0.15, 0.2) is 0 Å². The van der Waals surface area contributed by atoms with Crippen molar-refractivity contribution in [2.75, 3.05) is 0 Å². The first-order chi connectivity index (χ1) is 6.43. The van der Waals surface area contributed by atoms with Crippen LogP contribution in [0.15, 0.2) is 15.1 Å². The maximum Gasteiger partial charge on any atom is 0.337 e. The van der Waals surface area contributed by atoms with Crippen LogP contribution >= 0.6 is 31.9 Å². The number of aromatic nitrogens is 1. The van der Waals surface area contributed by atoms with Crippen LogP contribution in [0.2, 0.25) is 0 Å². The molecule has 7 heteroatoms. The third kappa shape index (κ3) is 2.27. The number of aromatic carboxylic acids is 1. The van der Waals surface area contributed by atoms with Crippen LogP contribution in [0.5, 0.6) is 0 Å². The van der Waals surface area contributed by atoms with Crippen LogP contribution in [-0.4, -0.2) is 16.1 Å². The Morgan fingerprint density at radius 1 is 1.50 bits per heavy atom. The smallest absolute Gasteiger partial charge is 0.337 e. The highest BCUT2D eigenvalue weighted by Crippen LogP contribution is 2.29. The molecular formula is C7H3Br2F2NO2. The van der Waals surface area contributed by atoms with E-state index in [0.29, 0.717) is 0 Å². The maximum absolute atomic E-state index is 12.2. The zero-order chi connectivity index (χ0) is 10.9. The fourth-order valence-corrected chi connectivity index (χ4v) is 1.58. The fraction of sp³-hybridized carbons (Fsp3) is 0.143. The number of nitrogens with zero attached hydrogens (tertiary/aromatic N) is 1. The molecule has 1 rings (SSSR count). The van der Waals surface area contributed by atoms with E-state index in [9.17, 15) is 13.6 Å². The van der Waals surface area contributed by atoms with Gasteiger partial charge in [0, 0.05) is 0 Å². The molecule has 0 aliphatic heterocycles. The summed E-state index contributed by atoms with van der Waals surface area (Å²) in [4.78, 5) is 14.1. The van der Waals surface area contributed by atoms with Crippen molar-refractivity contribution >= 4 is 37.8 Å². The third-order valence-corrected chi connectivity index (χ3v) is 3.30. The summed E-state index contributed by atoms with van der Waals surface area (Å²) in [6, 6.07) is 0.835. The van der Waals surface area contributed by atoms with Crippen molar-refractivity contribution in [3.63, 3.8) is 0 Å². The molecule has 14 heavy (non-hydrogen) atoms. The molecule has 0 aromatic carbocycles. The monoisotopic (exact) mass is 329 g/mol. The van der Waals surface area contributed by atoms with E-state index in [1.807, 2.05) is 0 Å². The normalized spacial score (nSPS) is 10.6. The molecule has 0 saturated carbocycles. The molecule has 0 radical (unpaired) electrons. The highest BCUT2D eigenvalue weighted by atomic mass is 79.9. The highest BCUT2D eigenvalue weighted by Gasteiger charge is 2.18. The van der Waals surface area contributed by atoms with E-state index < -0.39 is 18.1 Å². The van der Waals surface area contributed by atoms with Gasteiger partial charge in [0.25, 0.3) is 6.43 Å². The summed E-state index contributed by atoms with van der Waals surface area (Å²) in [6.07, 6.45) is -2.79. The SMILES string of the molecule is O=C(O)c1cc(C(F)F)nc(Br)c1Br. The standard InChI is InChI=1S/C7H3Br2F2NO2/c8-4-2(7(13)14)1-3(6(10)11)12-5(4)9/h1,6H,(H,13,14). The molecule has 1 aromatic heterocycles. The number of hydrogen-bond acceptors (Lipinski definition) is 2. The average Bonchev–Trinajstić information content (AvgIpc) is 2.08. The summed E-state index contributed by atoms with van der Waals surface area (Å²) in [6.45, 7) is 0. The molecule has 0 spiro atoms. The van der Waals surface area contributed by atoms with E-state index in [1.54, 1.807) is 0 Å². The second-order valence-corrected chi connectivity index (χ2v) is 3.85. The number of halogens is 4. The number of carboxylic acids is 1. The maximum atomic E-state index is 12.2. The van der Waals surface area contributed by atoms with Gasteiger partial charge in [-0.3, -0.25) is 0 Å². The number of carboxylic acid groups (broad SMARTS) is 1. The summed E-state index contributed by atoms with van der Waals surface area (Å²) in [7, 11) is 0. The lowest BCUT2D eigenvalue weighted by atomic mass is 10.2. The summed E-state index contributed by atoms with van der Waals surface area (Å²) < 4.78 is 24.7. The van der Waals surface area contributed by atoms with E-state index >= 15 is 0 Å². The van der Waals surface area contributed by atoms with Crippen LogP contribution < -0.4 is 0 Å². The van der Waals surface area contributed by atoms with Gasteiger partial charge in [-0.1, -0.05) is 0 Å². The molecule has 0 aliphatic rings. The van der Waals surface area contributed by atoms with E-state index in [0.717, 1.165) is 6.07 Å². The Balaban J connectivity index is 3.35. The number of rotatable bonds is 2. The molecule has 76 valence electrons. The summed E-state index contributed by atoms with van der Waals surface area (Å²) in [5, 5.41) is 8.67. The van der Waals surface area contributed by atoms with Gasteiger partial charge < -0.3 is 5.11 Å². The molecular weight excluding hydrogens is 328 g/mol. The van der Waals surface area contributed by atoms with Gasteiger partial charge in [0.2, 0.25) is 0 Å². The summed E-state index contributed by atoms with van der Waals surface area (Å²) in [5.41, 5.74) is -0.820. The lowest BCUT2D eigenvalue weighted by Gasteiger charge is -2.04. The first-order valence-corrected chi connectivity index (χ1v) is 4.89. The van der Waals surface area contributed by atoms with Crippen LogP contribution in [0.25, 0.3) is 0 Å². The largest absolute Gasteiger partial charge is 0.478 e. The van der Waals surface area contributed by atoms with Gasteiger partial charge in [-0.15, -0.1) is 0 Å². The Bertz CT molecular complexity index is 384. The van der Waals surface area contributed by atoms with E-state index in [-0.39, 0.29) is 14.6 Å². The average molecular weight is 331 g/mol. The molecule has 0 aliphatic carbocycles. The van der Waals surface area contributed by atoms with Gasteiger partial charge in [0.1, 0.15) is 10.3 Å². The van der Waals surface area contributed by atoms with Crippen molar-refractivity contribution in [3.8, 4) is 0 Å². The molecule has 1 heterocycles. The lowest BCUT2D eigenvalue weighted by Crippen LogP contribution is -2.02. The lowest BCUT2D eigenvalue weighted by molar-refractivity contribution is 0.0695. The van der Waals surface area contributed by atoms with Crippen LogP contribution in [-0.2, 0) is 0 Å². The van der Waals surface area contributed by atoms with Gasteiger partial charge >= 0.3 is 5.97 Å². The Morgan fingerprint density at radius 3 is 2.50 bits per heavy atom. The van der Waals surface area contributed by atoms with Gasteiger partial charge in [-0.2, -0.15) is 0 Å². The highest BCUT2D eigenvalue weighted by molar-refractivity contribution is 9.13. The Kier molecular flexibility index (Phi) is 3.54. The number of alkyl halides is 2. The number of pyridine rings is 1. The van der Waals surface area contributed by atoms with Crippen molar-refractivity contribution in [2.45, 2.75) is 6.43 Å². The molecule has 1 N–H and O–H groups in total. The zero-order valence-electron chi connectivity index (χ0n) is 6.47. The van der Waals surface area contributed by atoms with Crippen LogP contribution in [0.1, 0.15) is 22.5 Å². The minimum Gasteiger partial charge on any atom is -0.478 e. The molecule has 0 atom stereocenters. The summed E-state index contributed by atoms with van der Waals surface area (Å²) >= 11 is 5.81. The molecule has 3 nitrogen and oxygen atoms in total. The first kappa shape index (κ1) is 11.5. The third-order valence-electron chi connectivity index (χ3n) is 1.39. The van der Waals surface area contributed by atoms with E-state index in [1.165, 1.54) is 0 Å². The Labute approximate surface area is 94.4 Å². The van der Waals surface area contributed by atoms with Crippen LogP contribution in [0, 0.1) is 0 Å². The minimum atomic E-state index is -2.79. The van der Waals surface area contributed by atoms with E-state index in [2.05, 4.69) is 36.8 Å². The molecule has 0 saturated heterocycles. The fourth-order valence-electron chi connectivity index (χ4n) is 0.784. The summed E-state index contributed by atoms with van der Waals surface area (Å²) in [5.74, 6) is -1.29. The molecule has 1 aromatic rings. The quantitative estimate of drug-likeness (QED) is 0.847. The topological polar surface area (TPSA) is 50.2 Å². The predicted molar refractivity (Wildman–Crippen MR) is 51.6 cm³/mol. The molecule has 0 bridgehead atoms. The van der Waals surface area contributed by atoms with Crippen molar-refractivity contribution < 1.29 is 18.7 Å². The predicted octanol–water partition coefficient (Wildman–Crippen LogP) is 3.24. The van der Waals surface area contributed by atoms with Crippen molar-refractivity contribution in [1.82, 2.24) is 4.98 Å². The van der Waals surface area contributed by atoms with Crippen molar-refractivity contribution in [2.24, 2.45) is 0 Å². The molecule has 0 fully saturated rings. The second-order valence-electron chi connectivity index (χ2n) is 2.31. The van der Waals surface area contributed by atoms with Crippen molar-refractivity contribution in [1.29, 1.82) is 0 Å². The number of hydrogen-bond donors (Lipinski definition) is 1. The Hall–Kier alpha value is -0.560. The van der Waals surface area contributed by atoms with Crippen LogP contribution in [0.4, 0.5) is 8.78 Å². The van der Waals surface area contributed by atoms with Gasteiger partial charge in [-0.25, -0.2) is 18.6 Å². The van der Waals surface area contributed by atoms with Gasteiger partial charge in [0.05, 0.1) is 10.0 Å². The zero-order valence-corrected chi connectivity index (χ0v) is 9.64. The van der Waals surface area contributed by atoms with Crippen molar-refractivity contribution in [3.05, 3.63) is 26.4 Å². The van der Waals surface area contributed by atoms with Gasteiger partial charge in [-0.05, 0) is 37.9 Å². The molecule has 0 amide bonds. The number of carbonyl (C=O) groups is 1. The minimum absolute atomic E-state index is 0.0488. The molecule has 0 unspecified atom stereocenters.